The highest BCUT2D eigenvalue weighted by atomic mass is 16.5. The maximum absolute atomic E-state index is 5.78. The lowest BCUT2D eigenvalue weighted by Gasteiger charge is -2.33. The van der Waals surface area contributed by atoms with Crippen molar-refractivity contribution in [2.75, 3.05) is 52.5 Å². The monoisotopic (exact) mass is 286 g/mol. The summed E-state index contributed by atoms with van der Waals surface area (Å²) in [7, 11) is 0. The van der Waals surface area contributed by atoms with Crippen molar-refractivity contribution in [3.05, 3.63) is 0 Å². The first-order valence-corrected chi connectivity index (χ1v) is 8.34. The fraction of sp³-hybridized carbons (Fsp3) is 1.00. The minimum atomic E-state index is 0.344. The second-order valence-electron chi connectivity index (χ2n) is 6.15. The molecule has 1 fully saturated rings. The lowest BCUT2D eigenvalue weighted by Crippen LogP contribution is -2.47. The Morgan fingerprint density at radius 1 is 1.35 bits per heavy atom. The highest BCUT2D eigenvalue weighted by Gasteiger charge is 2.19. The molecule has 1 atom stereocenters. The summed E-state index contributed by atoms with van der Waals surface area (Å²) >= 11 is 0. The smallest absolute Gasteiger partial charge is 0.0826 e. The van der Waals surface area contributed by atoms with Gasteiger partial charge in [0.1, 0.15) is 0 Å². The second-order valence-corrected chi connectivity index (χ2v) is 6.15. The van der Waals surface area contributed by atoms with Gasteiger partial charge in [-0.25, -0.2) is 0 Å². The van der Waals surface area contributed by atoms with Crippen LogP contribution in [0.25, 0.3) is 0 Å². The summed E-state index contributed by atoms with van der Waals surface area (Å²) in [5.74, 6) is 0.786. The van der Waals surface area contributed by atoms with Crippen LogP contribution in [-0.2, 0) is 9.47 Å². The first kappa shape index (κ1) is 17.9. The molecule has 120 valence electrons. The Hall–Kier alpha value is -0.160. The van der Waals surface area contributed by atoms with Crippen LogP contribution >= 0.6 is 0 Å². The first-order chi connectivity index (χ1) is 9.72. The summed E-state index contributed by atoms with van der Waals surface area (Å²) in [6, 6.07) is 0. The van der Waals surface area contributed by atoms with E-state index in [1.54, 1.807) is 0 Å². The molecule has 4 nitrogen and oxygen atoms in total. The van der Waals surface area contributed by atoms with Gasteiger partial charge in [-0.15, -0.1) is 0 Å². The van der Waals surface area contributed by atoms with Crippen LogP contribution in [0.2, 0.25) is 0 Å². The van der Waals surface area contributed by atoms with Crippen molar-refractivity contribution in [2.45, 2.75) is 46.1 Å². The molecule has 4 heteroatoms. The summed E-state index contributed by atoms with van der Waals surface area (Å²) in [4.78, 5) is 2.46. The Bertz CT molecular complexity index is 225. The van der Waals surface area contributed by atoms with Gasteiger partial charge >= 0.3 is 0 Å². The number of ether oxygens (including phenoxy) is 2. The Morgan fingerprint density at radius 2 is 2.20 bits per heavy atom. The molecule has 0 aliphatic carbocycles. The molecule has 1 aliphatic rings. The van der Waals surface area contributed by atoms with E-state index in [0.29, 0.717) is 6.10 Å². The fourth-order valence-corrected chi connectivity index (χ4v) is 2.44. The molecule has 1 saturated heterocycles. The summed E-state index contributed by atoms with van der Waals surface area (Å²) in [5.41, 5.74) is 0. The Labute approximate surface area is 125 Å². The van der Waals surface area contributed by atoms with Crippen molar-refractivity contribution in [1.82, 2.24) is 10.2 Å². The largest absolute Gasteiger partial charge is 0.380 e. The number of morpholine rings is 1. The van der Waals surface area contributed by atoms with E-state index >= 15 is 0 Å². The lowest BCUT2D eigenvalue weighted by molar-refractivity contribution is -0.0349. The van der Waals surface area contributed by atoms with Crippen LogP contribution in [0.15, 0.2) is 0 Å². The van der Waals surface area contributed by atoms with Crippen LogP contribution in [0.4, 0.5) is 0 Å². The van der Waals surface area contributed by atoms with Crippen LogP contribution < -0.4 is 5.32 Å². The molecule has 1 aliphatic heterocycles. The number of rotatable bonds is 11. The summed E-state index contributed by atoms with van der Waals surface area (Å²) in [6.45, 7) is 14.5. The van der Waals surface area contributed by atoms with Gasteiger partial charge in [-0.3, -0.25) is 4.90 Å². The van der Waals surface area contributed by atoms with Crippen molar-refractivity contribution in [1.29, 1.82) is 0 Å². The quantitative estimate of drug-likeness (QED) is 0.590. The average Bonchev–Trinajstić information content (AvgIpc) is 2.43. The molecular formula is C16H34N2O2. The molecule has 0 amide bonds. The number of nitrogens with zero attached hydrogens (tertiary/aromatic N) is 1. The molecule has 0 aromatic rings. The SMILES string of the molecule is CCCNCC1CN(CCOCCCC(C)C)CCO1. The fourth-order valence-electron chi connectivity index (χ4n) is 2.44. The molecule has 0 spiro atoms. The molecule has 1 heterocycles. The standard InChI is InChI=1S/C16H34N2O2/c1-4-7-17-13-16-14-18(9-12-20-16)8-11-19-10-5-6-15(2)3/h15-17H,4-14H2,1-3H3. The molecule has 0 saturated carbocycles. The van der Waals surface area contributed by atoms with Gasteiger partial charge in [-0.05, 0) is 31.7 Å². The van der Waals surface area contributed by atoms with Crippen LogP contribution in [0.5, 0.6) is 0 Å². The van der Waals surface area contributed by atoms with Gasteiger partial charge in [-0.1, -0.05) is 20.8 Å². The third kappa shape index (κ3) is 8.90. The molecule has 20 heavy (non-hydrogen) atoms. The van der Waals surface area contributed by atoms with Crippen LogP contribution in [0, 0.1) is 5.92 Å². The third-order valence-electron chi connectivity index (χ3n) is 3.64. The lowest BCUT2D eigenvalue weighted by atomic mass is 10.1. The third-order valence-corrected chi connectivity index (χ3v) is 3.64. The second kappa shape index (κ2) is 11.5. The van der Waals surface area contributed by atoms with E-state index in [1.807, 2.05) is 0 Å². The van der Waals surface area contributed by atoms with Gasteiger partial charge in [-0.2, -0.15) is 0 Å². The van der Waals surface area contributed by atoms with E-state index < -0.39 is 0 Å². The molecule has 0 radical (unpaired) electrons. The molecule has 1 N–H and O–H groups in total. The minimum absolute atomic E-state index is 0.344. The van der Waals surface area contributed by atoms with Gasteiger partial charge in [0.15, 0.2) is 0 Å². The van der Waals surface area contributed by atoms with Gasteiger partial charge < -0.3 is 14.8 Å². The summed E-state index contributed by atoms with van der Waals surface area (Å²) in [5, 5.41) is 3.44. The Kier molecular flexibility index (Phi) is 10.3. The van der Waals surface area contributed by atoms with Crippen LogP contribution in [0.1, 0.15) is 40.0 Å². The first-order valence-electron chi connectivity index (χ1n) is 8.34. The summed E-state index contributed by atoms with van der Waals surface area (Å²) in [6.07, 6.45) is 3.98. The van der Waals surface area contributed by atoms with Gasteiger partial charge in [0, 0.05) is 32.8 Å². The maximum atomic E-state index is 5.78. The zero-order valence-electron chi connectivity index (χ0n) is 13.7. The molecular weight excluding hydrogens is 252 g/mol. The Morgan fingerprint density at radius 3 is 2.95 bits per heavy atom. The number of hydrogen-bond donors (Lipinski definition) is 1. The molecule has 0 aromatic heterocycles. The molecule has 0 bridgehead atoms. The van der Waals surface area contributed by atoms with Crippen molar-refractivity contribution in [3.8, 4) is 0 Å². The highest BCUT2D eigenvalue weighted by molar-refractivity contribution is 4.73. The zero-order valence-corrected chi connectivity index (χ0v) is 13.7. The number of hydrogen-bond acceptors (Lipinski definition) is 4. The van der Waals surface area contributed by atoms with Gasteiger partial charge in [0.05, 0.1) is 19.3 Å². The maximum Gasteiger partial charge on any atom is 0.0826 e. The van der Waals surface area contributed by atoms with Crippen LogP contribution in [0.3, 0.4) is 0 Å². The molecule has 1 rings (SSSR count). The van der Waals surface area contributed by atoms with E-state index in [-0.39, 0.29) is 0 Å². The Balaban J connectivity index is 1.99. The van der Waals surface area contributed by atoms with E-state index in [4.69, 9.17) is 9.47 Å². The molecule has 0 aromatic carbocycles. The van der Waals surface area contributed by atoms with Gasteiger partial charge in [0.2, 0.25) is 0 Å². The van der Waals surface area contributed by atoms with E-state index in [2.05, 4.69) is 31.0 Å². The highest BCUT2D eigenvalue weighted by Crippen LogP contribution is 2.05. The van der Waals surface area contributed by atoms with E-state index in [1.165, 1.54) is 19.3 Å². The van der Waals surface area contributed by atoms with E-state index in [0.717, 1.165) is 58.5 Å². The molecule has 1 unspecified atom stereocenters. The predicted octanol–water partition coefficient (Wildman–Crippen LogP) is 2.14. The minimum Gasteiger partial charge on any atom is -0.380 e. The number of nitrogens with one attached hydrogen (secondary N) is 1. The zero-order chi connectivity index (χ0) is 14.6. The van der Waals surface area contributed by atoms with Crippen molar-refractivity contribution >= 4 is 0 Å². The topological polar surface area (TPSA) is 33.7 Å². The van der Waals surface area contributed by atoms with Crippen molar-refractivity contribution < 1.29 is 9.47 Å². The predicted molar refractivity (Wildman–Crippen MR) is 84.2 cm³/mol. The normalized spacial score (nSPS) is 20.7. The average molecular weight is 286 g/mol. The van der Waals surface area contributed by atoms with Crippen molar-refractivity contribution in [2.24, 2.45) is 5.92 Å². The summed E-state index contributed by atoms with van der Waals surface area (Å²) < 4.78 is 11.5. The van der Waals surface area contributed by atoms with E-state index in [9.17, 15) is 0 Å². The van der Waals surface area contributed by atoms with Gasteiger partial charge in [0.25, 0.3) is 0 Å². The van der Waals surface area contributed by atoms with Crippen molar-refractivity contribution in [3.63, 3.8) is 0 Å². The van der Waals surface area contributed by atoms with Crippen LogP contribution in [-0.4, -0.2) is 63.5 Å².